The molecule has 0 bridgehead atoms. The molecule has 1 fully saturated rings. The quantitative estimate of drug-likeness (QED) is 0.849. The lowest BCUT2D eigenvalue weighted by molar-refractivity contribution is 0.653. The zero-order chi connectivity index (χ0) is 14.7. The van der Waals surface area contributed by atoms with Crippen LogP contribution in [-0.4, -0.2) is 26.2 Å². The van der Waals surface area contributed by atoms with Crippen LogP contribution in [0.3, 0.4) is 0 Å². The van der Waals surface area contributed by atoms with E-state index in [9.17, 15) is 0 Å². The molecule has 2 aromatic rings. The van der Waals surface area contributed by atoms with Gasteiger partial charge >= 0.3 is 0 Å². The Bertz CT molecular complexity index is 652. The second-order valence-corrected chi connectivity index (χ2v) is 5.49. The minimum atomic E-state index is 0.702. The average molecular weight is 298 g/mol. The van der Waals surface area contributed by atoms with E-state index in [1.807, 2.05) is 42.5 Å². The number of benzene rings is 2. The Morgan fingerprint density at radius 2 is 1.48 bits per heavy atom. The maximum atomic E-state index is 8.84. The van der Waals surface area contributed by atoms with Crippen molar-refractivity contribution in [2.45, 2.75) is 0 Å². The third-order valence-electron chi connectivity index (χ3n) is 3.83. The summed E-state index contributed by atoms with van der Waals surface area (Å²) in [5.41, 5.74) is 2.99. The Morgan fingerprint density at radius 3 is 2.10 bits per heavy atom. The molecule has 0 spiro atoms. The molecule has 1 saturated heterocycles. The molecule has 0 atom stereocenters. The molecule has 21 heavy (non-hydrogen) atoms. The van der Waals surface area contributed by atoms with Gasteiger partial charge in [0.1, 0.15) is 0 Å². The van der Waals surface area contributed by atoms with Crippen molar-refractivity contribution in [1.82, 2.24) is 0 Å². The predicted molar refractivity (Wildman–Crippen MR) is 87.0 cm³/mol. The Hall–Kier alpha value is -2.18. The van der Waals surface area contributed by atoms with Gasteiger partial charge in [0.2, 0.25) is 0 Å². The van der Waals surface area contributed by atoms with Crippen LogP contribution in [-0.2, 0) is 0 Å². The maximum absolute atomic E-state index is 8.84. The summed E-state index contributed by atoms with van der Waals surface area (Å²) in [5.74, 6) is 0. The fourth-order valence-corrected chi connectivity index (χ4v) is 2.92. The van der Waals surface area contributed by atoms with E-state index in [2.05, 4.69) is 21.9 Å². The van der Waals surface area contributed by atoms with Crippen LogP contribution >= 0.6 is 11.6 Å². The topological polar surface area (TPSA) is 30.3 Å². The SMILES string of the molecule is N#Cc1ccc(N2CCN(c3ccccc3Cl)CC2)cc1. The summed E-state index contributed by atoms with van der Waals surface area (Å²) >= 11 is 6.26. The van der Waals surface area contributed by atoms with Gasteiger partial charge in [-0.05, 0) is 36.4 Å². The largest absolute Gasteiger partial charge is 0.368 e. The molecule has 0 aromatic heterocycles. The highest BCUT2D eigenvalue weighted by Gasteiger charge is 2.18. The first kappa shape index (κ1) is 13.8. The van der Waals surface area contributed by atoms with E-state index in [4.69, 9.17) is 16.9 Å². The van der Waals surface area contributed by atoms with Gasteiger partial charge in [0.25, 0.3) is 0 Å². The normalized spacial score (nSPS) is 14.9. The van der Waals surface area contributed by atoms with Crippen LogP contribution in [0, 0.1) is 11.3 Å². The molecule has 106 valence electrons. The number of halogens is 1. The third-order valence-corrected chi connectivity index (χ3v) is 4.15. The first-order valence-electron chi connectivity index (χ1n) is 7.02. The second-order valence-electron chi connectivity index (χ2n) is 5.08. The van der Waals surface area contributed by atoms with E-state index >= 15 is 0 Å². The van der Waals surface area contributed by atoms with Gasteiger partial charge in [0, 0.05) is 31.9 Å². The minimum absolute atomic E-state index is 0.702. The molecule has 2 aromatic carbocycles. The van der Waals surface area contributed by atoms with E-state index in [0.29, 0.717) is 5.56 Å². The standard InChI is InChI=1S/C17H16ClN3/c18-16-3-1-2-4-17(16)21-11-9-20(10-12-21)15-7-5-14(13-19)6-8-15/h1-8H,9-12H2. The zero-order valence-corrected chi connectivity index (χ0v) is 12.4. The lowest BCUT2D eigenvalue weighted by atomic mass is 10.2. The second kappa shape index (κ2) is 6.07. The van der Waals surface area contributed by atoms with Gasteiger partial charge in [-0.25, -0.2) is 0 Å². The van der Waals surface area contributed by atoms with Crippen LogP contribution in [0.5, 0.6) is 0 Å². The highest BCUT2D eigenvalue weighted by molar-refractivity contribution is 6.33. The number of anilines is 2. The van der Waals surface area contributed by atoms with E-state index in [1.54, 1.807) is 0 Å². The summed E-state index contributed by atoms with van der Waals surface area (Å²) < 4.78 is 0. The van der Waals surface area contributed by atoms with Crippen LogP contribution in [0.25, 0.3) is 0 Å². The van der Waals surface area contributed by atoms with Crippen LogP contribution < -0.4 is 9.80 Å². The van der Waals surface area contributed by atoms with Crippen LogP contribution in [0.15, 0.2) is 48.5 Å². The monoisotopic (exact) mass is 297 g/mol. The van der Waals surface area contributed by atoms with Gasteiger partial charge in [-0.2, -0.15) is 5.26 Å². The fraction of sp³-hybridized carbons (Fsp3) is 0.235. The summed E-state index contributed by atoms with van der Waals surface area (Å²) in [6.45, 7) is 3.81. The predicted octanol–water partition coefficient (Wildman–Crippen LogP) is 3.54. The van der Waals surface area contributed by atoms with Gasteiger partial charge < -0.3 is 9.80 Å². The molecule has 0 saturated carbocycles. The van der Waals surface area contributed by atoms with Crippen LogP contribution in [0.2, 0.25) is 5.02 Å². The highest BCUT2D eigenvalue weighted by Crippen LogP contribution is 2.27. The first-order valence-corrected chi connectivity index (χ1v) is 7.40. The summed E-state index contributed by atoms with van der Waals surface area (Å²) in [5, 5.41) is 9.65. The van der Waals surface area contributed by atoms with Crippen molar-refractivity contribution in [3.8, 4) is 6.07 Å². The number of rotatable bonds is 2. The fourth-order valence-electron chi connectivity index (χ4n) is 2.66. The molecule has 0 unspecified atom stereocenters. The van der Waals surface area contributed by atoms with Gasteiger partial charge in [0.05, 0.1) is 22.3 Å². The molecule has 0 N–H and O–H groups in total. The average Bonchev–Trinajstić information content (AvgIpc) is 2.56. The molecule has 0 aliphatic carbocycles. The van der Waals surface area contributed by atoms with Crippen LogP contribution in [0.1, 0.15) is 5.56 Å². The van der Waals surface area contributed by atoms with Crippen molar-refractivity contribution in [3.63, 3.8) is 0 Å². The van der Waals surface area contributed by atoms with Crippen molar-refractivity contribution in [2.24, 2.45) is 0 Å². The van der Waals surface area contributed by atoms with E-state index < -0.39 is 0 Å². The minimum Gasteiger partial charge on any atom is -0.368 e. The lowest BCUT2D eigenvalue weighted by Crippen LogP contribution is -2.46. The summed E-state index contributed by atoms with van der Waals surface area (Å²) in [6, 6.07) is 17.9. The Balaban J connectivity index is 1.67. The lowest BCUT2D eigenvalue weighted by Gasteiger charge is -2.37. The first-order chi connectivity index (χ1) is 10.3. The van der Waals surface area contributed by atoms with Gasteiger partial charge in [-0.1, -0.05) is 23.7 Å². The molecule has 1 aliphatic heterocycles. The molecule has 3 nitrogen and oxygen atoms in total. The molecule has 0 amide bonds. The highest BCUT2D eigenvalue weighted by atomic mass is 35.5. The summed E-state index contributed by atoms with van der Waals surface area (Å²) in [7, 11) is 0. The number of nitrogens with zero attached hydrogens (tertiary/aromatic N) is 3. The molecule has 0 radical (unpaired) electrons. The Morgan fingerprint density at radius 1 is 0.857 bits per heavy atom. The van der Waals surface area contributed by atoms with Crippen molar-refractivity contribution in [1.29, 1.82) is 5.26 Å². The number of hydrogen-bond acceptors (Lipinski definition) is 3. The molecule has 3 rings (SSSR count). The molecule has 4 heteroatoms. The van der Waals surface area contributed by atoms with E-state index in [1.165, 1.54) is 5.69 Å². The van der Waals surface area contributed by atoms with Crippen molar-refractivity contribution >= 4 is 23.0 Å². The molecule has 1 aliphatic rings. The smallest absolute Gasteiger partial charge is 0.0991 e. The van der Waals surface area contributed by atoms with Crippen molar-refractivity contribution in [3.05, 3.63) is 59.1 Å². The molecular weight excluding hydrogens is 282 g/mol. The van der Waals surface area contributed by atoms with E-state index in [0.717, 1.165) is 36.9 Å². The van der Waals surface area contributed by atoms with Crippen LogP contribution in [0.4, 0.5) is 11.4 Å². The molecule has 1 heterocycles. The zero-order valence-electron chi connectivity index (χ0n) is 11.7. The number of para-hydroxylation sites is 1. The Kier molecular flexibility index (Phi) is 3.98. The number of piperazine rings is 1. The van der Waals surface area contributed by atoms with Crippen molar-refractivity contribution in [2.75, 3.05) is 36.0 Å². The van der Waals surface area contributed by atoms with Crippen molar-refractivity contribution < 1.29 is 0 Å². The van der Waals surface area contributed by atoms with E-state index in [-0.39, 0.29) is 0 Å². The third kappa shape index (κ3) is 2.96. The number of hydrogen-bond donors (Lipinski definition) is 0. The maximum Gasteiger partial charge on any atom is 0.0991 e. The van der Waals surface area contributed by atoms with Gasteiger partial charge in [-0.3, -0.25) is 0 Å². The Labute approximate surface area is 130 Å². The number of nitriles is 1. The summed E-state index contributed by atoms with van der Waals surface area (Å²) in [6.07, 6.45) is 0. The van der Waals surface area contributed by atoms with Gasteiger partial charge in [0.15, 0.2) is 0 Å². The summed E-state index contributed by atoms with van der Waals surface area (Å²) in [4.78, 5) is 4.66. The van der Waals surface area contributed by atoms with Gasteiger partial charge in [-0.15, -0.1) is 0 Å². The molecular formula is C17H16ClN3.